The monoisotopic (exact) mass is 531 g/mol. The standard InChI is InChI=1S/C30H27Cl2N3O2/c1-17-6-11-21(13-22(17)32)35-23-14-30(2,3)15-24(36)26(23)25(19-5-4-12-34-16-19)27(29(35)33)28(37)18-7-9-20(31)10-8-18/h4-13,16,25,33,37H,14-15H2,1-3H3/b28-27+,33-29?. The summed E-state index contributed by atoms with van der Waals surface area (Å²) in [4.78, 5) is 19.9. The van der Waals surface area contributed by atoms with Crippen LogP contribution in [0.1, 0.15) is 49.3 Å². The average Bonchev–Trinajstić information content (AvgIpc) is 2.85. The van der Waals surface area contributed by atoms with Crippen LogP contribution < -0.4 is 4.90 Å². The van der Waals surface area contributed by atoms with Crippen LogP contribution in [0.25, 0.3) is 5.76 Å². The molecule has 1 aliphatic carbocycles. The van der Waals surface area contributed by atoms with Crippen LogP contribution in [-0.2, 0) is 4.79 Å². The van der Waals surface area contributed by atoms with Crippen LogP contribution in [0.2, 0.25) is 10.0 Å². The van der Waals surface area contributed by atoms with Gasteiger partial charge in [-0.2, -0.15) is 0 Å². The first-order valence-electron chi connectivity index (χ1n) is 12.1. The van der Waals surface area contributed by atoms with Gasteiger partial charge in [-0.15, -0.1) is 0 Å². The Balaban J connectivity index is 1.85. The van der Waals surface area contributed by atoms with Gasteiger partial charge in [0, 0.05) is 62.9 Å². The first kappa shape index (κ1) is 25.2. The van der Waals surface area contributed by atoms with Gasteiger partial charge in [-0.25, -0.2) is 0 Å². The zero-order valence-corrected chi connectivity index (χ0v) is 22.4. The number of amidine groups is 1. The largest absolute Gasteiger partial charge is 0.507 e. The molecule has 5 rings (SSSR count). The smallest absolute Gasteiger partial charge is 0.162 e. The number of carbonyl (C=O) groups is 1. The average molecular weight is 532 g/mol. The van der Waals surface area contributed by atoms with Crippen LogP contribution in [0.5, 0.6) is 0 Å². The molecular formula is C30H27Cl2N3O2. The molecule has 0 spiro atoms. The molecule has 0 saturated carbocycles. The number of ketones is 1. The second-order valence-electron chi connectivity index (χ2n) is 10.4. The zero-order valence-electron chi connectivity index (χ0n) is 20.8. The summed E-state index contributed by atoms with van der Waals surface area (Å²) >= 11 is 12.6. The fourth-order valence-corrected chi connectivity index (χ4v) is 5.56. The lowest BCUT2D eigenvalue weighted by molar-refractivity contribution is -0.118. The molecule has 0 amide bonds. The fourth-order valence-electron chi connectivity index (χ4n) is 5.26. The maximum absolute atomic E-state index is 13.9. The molecule has 0 radical (unpaired) electrons. The van der Waals surface area contributed by atoms with Crippen LogP contribution in [0, 0.1) is 17.7 Å². The number of allylic oxidation sites excluding steroid dienone is 2. The molecule has 0 saturated heterocycles. The summed E-state index contributed by atoms with van der Waals surface area (Å²) in [6, 6.07) is 16.1. The predicted octanol–water partition coefficient (Wildman–Crippen LogP) is 7.89. The minimum atomic E-state index is -0.646. The number of aliphatic hydroxyl groups excluding tert-OH is 1. The van der Waals surface area contributed by atoms with Crippen molar-refractivity contribution < 1.29 is 9.90 Å². The summed E-state index contributed by atoms with van der Waals surface area (Å²) in [5.41, 5.74) is 4.21. The Morgan fingerprint density at radius 2 is 1.84 bits per heavy atom. The number of Topliss-reactive ketones (excluding diaryl/α,β-unsaturated/α-hetero) is 1. The fraction of sp³-hybridized carbons (Fsp3) is 0.233. The molecule has 188 valence electrons. The molecule has 37 heavy (non-hydrogen) atoms. The number of benzene rings is 2. The Morgan fingerprint density at radius 3 is 2.49 bits per heavy atom. The molecule has 1 unspecified atom stereocenters. The van der Waals surface area contributed by atoms with E-state index in [0.717, 1.165) is 16.8 Å². The van der Waals surface area contributed by atoms with E-state index >= 15 is 0 Å². The first-order valence-corrected chi connectivity index (χ1v) is 12.8. The Bertz CT molecular complexity index is 1470. The summed E-state index contributed by atoms with van der Waals surface area (Å²) in [6.45, 7) is 6.05. The number of aryl methyl sites for hydroxylation is 1. The van der Waals surface area contributed by atoms with Gasteiger partial charge >= 0.3 is 0 Å². The molecule has 7 heteroatoms. The van der Waals surface area contributed by atoms with Gasteiger partial charge < -0.3 is 5.11 Å². The Hall–Kier alpha value is -3.41. The number of hydrogen-bond acceptors (Lipinski definition) is 4. The van der Waals surface area contributed by atoms with Gasteiger partial charge in [0.1, 0.15) is 11.6 Å². The molecule has 1 aliphatic heterocycles. The lowest BCUT2D eigenvalue weighted by atomic mass is 9.67. The van der Waals surface area contributed by atoms with Crippen LogP contribution in [-0.4, -0.2) is 21.7 Å². The predicted molar refractivity (Wildman–Crippen MR) is 149 cm³/mol. The number of hydrogen-bond donors (Lipinski definition) is 2. The SMILES string of the molecule is Cc1ccc(N2C(=N)/C(=C(/O)c3ccc(Cl)cc3)C(c3cccnc3)C3=C2CC(C)(C)CC3=O)cc1Cl. The zero-order chi connectivity index (χ0) is 26.5. The van der Waals surface area contributed by atoms with E-state index in [1.807, 2.05) is 31.2 Å². The Labute approximate surface area is 226 Å². The Kier molecular flexibility index (Phi) is 6.47. The summed E-state index contributed by atoms with van der Waals surface area (Å²) < 4.78 is 0. The number of anilines is 1. The maximum Gasteiger partial charge on any atom is 0.162 e. The molecule has 2 aromatic carbocycles. The second-order valence-corrected chi connectivity index (χ2v) is 11.3. The minimum absolute atomic E-state index is 0.00258. The third-order valence-electron chi connectivity index (χ3n) is 7.03. The van der Waals surface area contributed by atoms with E-state index in [1.54, 1.807) is 47.6 Å². The third-order valence-corrected chi connectivity index (χ3v) is 7.69. The molecule has 1 aromatic heterocycles. The van der Waals surface area contributed by atoms with E-state index < -0.39 is 5.92 Å². The number of pyridine rings is 1. The molecule has 2 heterocycles. The van der Waals surface area contributed by atoms with Crippen molar-refractivity contribution in [3.63, 3.8) is 0 Å². The van der Waals surface area contributed by atoms with Gasteiger partial charge in [0.2, 0.25) is 0 Å². The van der Waals surface area contributed by atoms with Crippen molar-refractivity contribution in [2.24, 2.45) is 5.41 Å². The van der Waals surface area contributed by atoms with Crippen molar-refractivity contribution in [2.75, 3.05) is 4.90 Å². The maximum atomic E-state index is 13.9. The number of nitrogens with zero attached hydrogens (tertiary/aromatic N) is 2. The summed E-state index contributed by atoms with van der Waals surface area (Å²) in [5.74, 6) is -0.641. The topological polar surface area (TPSA) is 77.3 Å². The summed E-state index contributed by atoms with van der Waals surface area (Å²) in [5, 5.41) is 22.2. The normalized spacial score (nSPS) is 20.7. The van der Waals surface area contributed by atoms with Crippen LogP contribution in [0.3, 0.4) is 0 Å². The number of rotatable bonds is 3. The highest BCUT2D eigenvalue weighted by Crippen LogP contribution is 2.51. The Morgan fingerprint density at radius 1 is 1.11 bits per heavy atom. The molecule has 3 aromatic rings. The van der Waals surface area contributed by atoms with Crippen LogP contribution >= 0.6 is 23.2 Å². The molecule has 0 bridgehead atoms. The first-order chi connectivity index (χ1) is 17.6. The van der Waals surface area contributed by atoms with E-state index in [2.05, 4.69) is 18.8 Å². The number of carbonyl (C=O) groups excluding carboxylic acids is 1. The van der Waals surface area contributed by atoms with E-state index in [0.29, 0.717) is 45.3 Å². The molecule has 2 aliphatic rings. The minimum Gasteiger partial charge on any atom is -0.507 e. The third kappa shape index (κ3) is 4.58. The number of aliphatic hydroxyl groups is 1. The van der Waals surface area contributed by atoms with Gasteiger partial charge in [-0.1, -0.05) is 49.2 Å². The van der Waals surface area contributed by atoms with Crippen molar-refractivity contribution >= 4 is 46.3 Å². The molecule has 1 atom stereocenters. The lowest BCUT2D eigenvalue weighted by Crippen LogP contribution is -2.45. The summed E-state index contributed by atoms with van der Waals surface area (Å²) in [7, 11) is 0. The second kappa shape index (κ2) is 9.47. The number of nitrogens with one attached hydrogen (secondary N) is 1. The van der Waals surface area contributed by atoms with Crippen molar-refractivity contribution in [1.82, 2.24) is 4.98 Å². The van der Waals surface area contributed by atoms with Gasteiger partial charge in [-0.05, 0) is 72.4 Å². The number of aromatic nitrogens is 1. The molecule has 2 N–H and O–H groups in total. The molecular weight excluding hydrogens is 505 g/mol. The quantitative estimate of drug-likeness (QED) is 0.336. The van der Waals surface area contributed by atoms with Crippen molar-refractivity contribution in [3.8, 4) is 0 Å². The number of halogens is 2. The highest BCUT2D eigenvalue weighted by atomic mass is 35.5. The van der Waals surface area contributed by atoms with Gasteiger partial charge in [0.05, 0.1) is 0 Å². The van der Waals surface area contributed by atoms with E-state index in [4.69, 9.17) is 23.2 Å². The van der Waals surface area contributed by atoms with Crippen molar-refractivity contribution in [1.29, 1.82) is 5.41 Å². The van der Waals surface area contributed by atoms with E-state index in [9.17, 15) is 15.3 Å². The van der Waals surface area contributed by atoms with Crippen LogP contribution in [0.15, 0.2) is 83.8 Å². The van der Waals surface area contributed by atoms with Crippen LogP contribution in [0.4, 0.5) is 5.69 Å². The summed E-state index contributed by atoms with van der Waals surface area (Å²) in [6.07, 6.45) is 4.33. The van der Waals surface area contributed by atoms with E-state index in [-0.39, 0.29) is 22.8 Å². The molecule has 0 fully saturated rings. The van der Waals surface area contributed by atoms with Crippen molar-refractivity contribution in [3.05, 3.63) is 111 Å². The molecule has 5 nitrogen and oxygen atoms in total. The van der Waals surface area contributed by atoms with Gasteiger partial charge in [0.25, 0.3) is 0 Å². The highest BCUT2D eigenvalue weighted by molar-refractivity contribution is 6.32. The highest BCUT2D eigenvalue weighted by Gasteiger charge is 2.46. The lowest BCUT2D eigenvalue weighted by Gasteiger charge is -2.45. The van der Waals surface area contributed by atoms with Gasteiger partial charge in [-0.3, -0.25) is 20.1 Å². The van der Waals surface area contributed by atoms with Crippen molar-refractivity contribution in [2.45, 2.75) is 39.5 Å². The van der Waals surface area contributed by atoms with Gasteiger partial charge in [0.15, 0.2) is 5.78 Å². The van der Waals surface area contributed by atoms with E-state index in [1.165, 1.54) is 0 Å².